The van der Waals surface area contributed by atoms with Crippen LogP contribution in [0.5, 0.6) is 0 Å². The second kappa shape index (κ2) is 7.15. The number of aromatic nitrogens is 2. The topological polar surface area (TPSA) is 46.9 Å². The minimum Gasteiger partial charge on any atom is -0.322 e. The fraction of sp³-hybridized carbons (Fsp3) is 0.111. The van der Waals surface area contributed by atoms with Crippen molar-refractivity contribution in [2.45, 2.75) is 11.4 Å². The van der Waals surface area contributed by atoms with Crippen LogP contribution in [0.3, 0.4) is 0 Å². The van der Waals surface area contributed by atoms with E-state index in [1.165, 1.54) is 4.90 Å². The minimum absolute atomic E-state index is 0.104. The van der Waals surface area contributed by atoms with Crippen molar-refractivity contribution in [3.63, 3.8) is 0 Å². The maximum Gasteiger partial charge on any atom is 0.255 e. The normalized spacial score (nSPS) is 10.5. The summed E-state index contributed by atoms with van der Waals surface area (Å²) in [6.45, 7) is 0.699. The maximum atomic E-state index is 12.3. The number of nitrogens with one attached hydrogen (secondary N) is 1. The highest BCUT2D eigenvalue weighted by molar-refractivity contribution is 7.98. The summed E-state index contributed by atoms with van der Waals surface area (Å²) in [7, 11) is 0. The van der Waals surface area contributed by atoms with Gasteiger partial charge in [0.25, 0.3) is 5.91 Å². The van der Waals surface area contributed by atoms with Crippen molar-refractivity contribution in [1.82, 2.24) is 9.78 Å². The molecule has 116 valence electrons. The van der Waals surface area contributed by atoms with Crippen LogP contribution < -0.4 is 5.32 Å². The van der Waals surface area contributed by atoms with E-state index in [0.717, 1.165) is 11.3 Å². The number of carbonyl (C=O) groups excluding carboxylic acids is 1. The third kappa shape index (κ3) is 4.02. The van der Waals surface area contributed by atoms with Gasteiger partial charge in [-0.25, -0.2) is 0 Å². The Balaban J connectivity index is 1.64. The monoisotopic (exact) mass is 323 g/mol. The molecule has 3 rings (SSSR count). The molecule has 0 spiro atoms. The number of anilines is 1. The number of nitrogens with zero attached hydrogens (tertiary/aromatic N) is 2. The zero-order valence-electron chi connectivity index (χ0n) is 12.8. The van der Waals surface area contributed by atoms with Crippen LogP contribution in [-0.4, -0.2) is 21.9 Å². The molecule has 5 heteroatoms. The van der Waals surface area contributed by atoms with Gasteiger partial charge in [-0.2, -0.15) is 5.10 Å². The van der Waals surface area contributed by atoms with Gasteiger partial charge in [-0.15, -0.1) is 11.8 Å². The van der Waals surface area contributed by atoms with E-state index in [0.29, 0.717) is 12.1 Å². The number of hydrogen-bond donors (Lipinski definition) is 1. The Bertz CT molecular complexity index is 765. The van der Waals surface area contributed by atoms with Crippen LogP contribution in [0.25, 0.3) is 0 Å². The number of carbonyl (C=O) groups is 1. The Morgan fingerprint density at radius 1 is 1.13 bits per heavy atom. The van der Waals surface area contributed by atoms with Crippen LogP contribution in [0.2, 0.25) is 0 Å². The molecule has 0 radical (unpaired) electrons. The van der Waals surface area contributed by atoms with Gasteiger partial charge in [0, 0.05) is 28.5 Å². The molecule has 1 N–H and O–H groups in total. The van der Waals surface area contributed by atoms with Crippen LogP contribution in [-0.2, 0) is 6.54 Å². The van der Waals surface area contributed by atoms with Gasteiger partial charge in [-0.05, 0) is 54.3 Å². The molecule has 1 amide bonds. The summed E-state index contributed by atoms with van der Waals surface area (Å²) >= 11 is 1.68. The Kier molecular flexibility index (Phi) is 4.78. The molecule has 0 saturated heterocycles. The standard InChI is InChI=1S/C18H17N3OS/c1-23-17-9-7-16(8-10-17)20-18(22)15-5-3-14(4-6-15)13-21-12-2-11-19-21/h2-12H,13H2,1H3,(H,20,22). The van der Waals surface area contributed by atoms with Crippen molar-refractivity contribution in [2.75, 3.05) is 11.6 Å². The molecule has 4 nitrogen and oxygen atoms in total. The summed E-state index contributed by atoms with van der Waals surface area (Å²) in [6.07, 6.45) is 5.70. The number of benzene rings is 2. The average molecular weight is 323 g/mol. The highest BCUT2D eigenvalue weighted by Gasteiger charge is 2.06. The van der Waals surface area contributed by atoms with E-state index in [1.54, 1.807) is 18.0 Å². The first kappa shape index (κ1) is 15.4. The molecule has 0 saturated carbocycles. The highest BCUT2D eigenvalue weighted by atomic mass is 32.2. The van der Waals surface area contributed by atoms with Crippen molar-refractivity contribution in [3.8, 4) is 0 Å². The van der Waals surface area contributed by atoms with Gasteiger partial charge in [0.1, 0.15) is 0 Å². The lowest BCUT2D eigenvalue weighted by molar-refractivity contribution is 0.102. The molecule has 0 bridgehead atoms. The highest BCUT2D eigenvalue weighted by Crippen LogP contribution is 2.18. The third-order valence-electron chi connectivity index (χ3n) is 3.47. The Morgan fingerprint density at radius 2 is 1.87 bits per heavy atom. The van der Waals surface area contributed by atoms with Gasteiger partial charge in [0.2, 0.25) is 0 Å². The molecule has 2 aromatic carbocycles. The van der Waals surface area contributed by atoms with Gasteiger partial charge >= 0.3 is 0 Å². The first-order chi connectivity index (χ1) is 11.2. The lowest BCUT2D eigenvalue weighted by Gasteiger charge is -2.07. The van der Waals surface area contributed by atoms with Crippen LogP contribution in [0.4, 0.5) is 5.69 Å². The molecular weight excluding hydrogens is 306 g/mol. The van der Waals surface area contributed by atoms with Gasteiger partial charge in [-0.3, -0.25) is 9.48 Å². The van der Waals surface area contributed by atoms with Crippen molar-refractivity contribution in [3.05, 3.63) is 78.1 Å². The smallest absolute Gasteiger partial charge is 0.255 e. The molecule has 0 aliphatic carbocycles. The number of hydrogen-bond acceptors (Lipinski definition) is 3. The maximum absolute atomic E-state index is 12.3. The van der Waals surface area contributed by atoms with Crippen molar-refractivity contribution in [2.24, 2.45) is 0 Å². The van der Waals surface area contributed by atoms with Gasteiger partial charge in [-0.1, -0.05) is 12.1 Å². The van der Waals surface area contributed by atoms with Gasteiger partial charge in [0.05, 0.1) is 6.54 Å². The second-order valence-corrected chi connectivity index (χ2v) is 5.96. The Morgan fingerprint density at radius 3 is 2.48 bits per heavy atom. The SMILES string of the molecule is CSc1ccc(NC(=O)c2ccc(Cn3cccn3)cc2)cc1. The molecule has 23 heavy (non-hydrogen) atoms. The van der Waals surface area contributed by atoms with Crippen molar-refractivity contribution < 1.29 is 4.79 Å². The van der Waals surface area contributed by atoms with E-state index in [9.17, 15) is 4.79 Å². The van der Waals surface area contributed by atoms with Crippen LogP contribution in [0.1, 0.15) is 15.9 Å². The van der Waals surface area contributed by atoms with E-state index < -0.39 is 0 Å². The zero-order chi connectivity index (χ0) is 16.1. The number of rotatable bonds is 5. The van der Waals surface area contributed by atoms with E-state index in [4.69, 9.17) is 0 Å². The average Bonchev–Trinajstić information content (AvgIpc) is 3.09. The molecule has 3 aromatic rings. The summed E-state index contributed by atoms with van der Waals surface area (Å²) in [5.74, 6) is -0.104. The molecule has 1 aromatic heterocycles. The lowest BCUT2D eigenvalue weighted by Crippen LogP contribution is -2.12. The summed E-state index contributed by atoms with van der Waals surface area (Å²) in [5, 5.41) is 7.08. The number of amides is 1. The molecule has 0 aliphatic rings. The first-order valence-corrected chi connectivity index (χ1v) is 8.49. The summed E-state index contributed by atoms with van der Waals surface area (Å²) in [5.41, 5.74) is 2.55. The van der Waals surface area contributed by atoms with Gasteiger partial charge < -0.3 is 5.32 Å². The van der Waals surface area contributed by atoms with Crippen LogP contribution in [0, 0.1) is 0 Å². The van der Waals surface area contributed by atoms with Gasteiger partial charge in [0.15, 0.2) is 0 Å². The van der Waals surface area contributed by atoms with Crippen molar-refractivity contribution in [1.29, 1.82) is 0 Å². The largest absolute Gasteiger partial charge is 0.322 e. The molecule has 0 atom stereocenters. The van der Waals surface area contributed by atoms with E-state index >= 15 is 0 Å². The molecule has 0 unspecified atom stereocenters. The van der Waals surface area contributed by atoms with E-state index in [2.05, 4.69) is 10.4 Å². The van der Waals surface area contributed by atoms with Crippen molar-refractivity contribution >= 4 is 23.4 Å². The molecule has 0 fully saturated rings. The summed E-state index contributed by atoms with van der Waals surface area (Å²) in [6, 6.07) is 17.3. The fourth-order valence-electron chi connectivity index (χ4n) is 2.22. The molecule has 0 aliphatic heterocycles. The quantitative estimate of drug-likeness (QED) is 0.724. The summed E-state index contributed by atoms with van der Waals surface area (Å²) < 4.78 is 1.85. The molecule has 1 heterocycles. The summed E-state index contributed by atoms with van der Waals surface area (Å²) in [4.78, 5) is 13.4. The molecular formula is C18H17N3OS. The van der Waals surface area contributed by atoms with E-state index in [-0.39, 0.29) is 5.91 Å². The lowest BCUT2D eigenvalue weighted by atomic mass is 10.1. The third-order valence-corrected chi connectivity index (χ3v) is 4.21. The number of thioether (sulfide) groups is 1. The fourth-order valence-corrected chi connectivity index (χ4v) is 2.63. The predicted molar refractivity (Wildman–Crippen MR) is 93.9 cm³/mol. The van der Waals surface area contributed by atoms with Crippen LogP contribution >= 0.6 is 11.8 Å². The minimum atomic E-state index is -0.104. The second-order valence-electron chi connectivity index (χ2n) is 5.08. The first-order valence-electron chi connectivity index (χ1n) is 7.26. The Labute approximate surface area is 139 Å². The zero-order valence-corrected chi connectivity index (χ0v) is 13.6. The predicted octanol–water partition coefficient (Wildman–Crippen LogP) is 3.91. The Hall–Kier alpha value is -2.53. The van der Waals surface area contributed by atoms with Crippen LogP contribution in [0.15, 0.2) is 71.9 Å². The van der Waals surface area contributed by atoms with E-state index in [1.807, 2.05) is 71.7 Å².